The van der Waals surface area contributed by atoms with Gasteiger partial charge in [-0.1, -0.05) is 32.0 Å². The van der Waals surface area contributed by atoms with E-state index in [-0.39, 0.29) is 5.91 Å². The lowest BCUT2D eigenvalue weighted by Gasteiger charge is -2.17. The highest BCUT2D eigenvalue weighted by Crippen LogP contribution is 2.26. The second-order valence-corrected chi connectivity index (χ2v) is 6.94. The number of hydrogen-bond donors (Lipinski definition) is 1. The number of ether oxygens (including phenoxy) is 1. The van der Waals surface area contributed by atoms with E-state index in [1.807, 2.05) is 54.6 Å². The molecular weight excluding hydrogens is 362 g/mol. The minimum absolute atomic E-state index is 0.0575. The third-order valence-electron chi connectivity index (χ3n) is 5.18. The molecule has 152 valence electrons. The van der Waals surface area contributed by atoms with Crippen molar-refractivity contribution in [1.29, 1.82) is 0 Å². The molecule has 1 N–H and O–H groups in total. The Labute approximate surface area is 172 Å². The van der Waals surface area contributed by atoms with Gasteiger partial charge in [0.1, 0.15) is 5.75 Å². The van der Waals surface area contributed by atoms with Gasteiger partial charge < -0.3 is 15.0 Å². The van der Waals surface area contributed by atoms with Gasteiger partial charge in [0.15, 0.2) is 0 Å². The smallest absolute Gasteiger partial charge is 0.252 e. The molecule has 0 aliphatic carbocycles. The number of nitrogens with zero attached hydrogens (tertiary/aromatic N) is 2. The average molecular weight is 392 g/mol. The summed E-state index contributed by atoms with van der Waals surface area (Å²) in [4.78, 5) is 20.1. The zero-order valence-corrected chi connectivity index (χ0v) is 17.4. The second kappa shape index (κ2) is 10.0. The standard InChI is InChI=1S/C24H29N3O2/c1-4-27(5-2)16-8-15-25-24(28)21-17-23(18-11-13-19(29-3)14-12-18)26-22-10-7-6-9-20(21)22/h6-7,9-14,17H,4-5,8,15-16H2,1-3H3,(H,25,28). The molecule has 1 amide bonds. The van der Waals surface area contributed by atoms with Gasteiger partial charge in [-0.25, -0.2) is 4.98 Å². The van der Waals surface area contributed by atoms with Crippen molar-refractivity contribution in [3.63, 3.8) is 0 Å². The first-order chi connectivity index (χ1) is 14.2. The normalized spacial score (nSPS) is 11.0. The number of aromatic nitrogens is 1. The number of rotatable bonds is 9. The van der Waals surface area contributed by atoms with Gasteiger partial charge in [0.2, 0.25) is 0 Å². The Kier molecular flexibility index (Phi) is 7.19. The van der Waals surface area contributed by atoms with Crippen molar-refractivity contribution in [3.05, 3.63) is 60.2 Å². The predicted octanol–water partition coefficient (Wildman–Crippen LogP) is 4.37. The Morgan fingerprint density at radius 3 is 2.48 bits per heavy atom. The maximum absolute atomic E-state index is 13.0. The van der Waals surface area contributed by atoms with E-state index in [9.17, 15) is 4.79 Å². The fourth-order valence-corrected chi connectivity index (χ4v) is 3.41. The summed E-state index contributed by atoms with van der Waals surface area (Å²) in [6.45, 7) is 8.03. The van der Waals surface area contributed by atoms with Gasteiger partial charge in [0.25, 0.3) is 5.91 Å². The molecule has 29 heavy (non-hydrogen) atoms. The minimum Gasteiger partial charge on any atom is -0.497 e. The van der Waals surface area contributed by atoms with Crippen LogP contribution in [0.1, 0.15) is 30.6 Å². The van der Waals surface area contributed by atoms with E-state index in [2.05, 4.69) is 24.1 Å². The number of carbonyl (C=O) groups is 1. The van der Waals surface area contributed by atoms with Gasteiger partial charge in [-0.05, 0) is 62.5 Å². The average Bonchev–Trinajstić information content (AvgIpc) is 2.78. The lowest BCUT2D eigenvalue weighted by Crippen LogP contribution is -2.30. The van der Waals surface area contributed by atoms with E-state index in [1.54, 1.807) is 7.11 Å². The molecule has 2 aromatic carbocycles. The highest BCUT2D eigenvalue weighted by Gasteiger charge is 2.14. The molecule has 3 rings (SSSR count). The molecule has 0 aliphatic heterocycles. The zero-order valence-electron chi connectivity index (χ0n) is 17.4. The zero-order chi connectivity index (χ0) is 20.6. The van der Waals surface area contributed by atoms with Crippen molar-refractivity contribution in [1.82, 2.24) is 15.2 Å². The van der Waals surface area contributed by atoms with Crippen LogP contribution in [0.25, 0.3) is 22.2 Å². The molecule has 5 nitrogen and oxygen atoms in total. The molecule has 0 atom stereocenters. The summed E-state index contributed by atoms with van der Waals surface area (Å²) in [5.41, 5.74) is 3.20. The Morgan fingerprint density at radius 1 is 1.07 bits per heavy atom. The highest BCUT2D eigenvalue weighted by molar-refractivity contribution is 6.07. The number of carbonyl (C=O) groups excluding carboxylic acids is 1. The molecule has 0 saturated carbocycles. The number of benzene rings is 2. The molecular formula is C24H29N3O2. The first kappa shape index (κ1) is 20.8. The van der Waals surface area contributed by atoms with Crippen LogP contribution < -0.4 is 10.1 Å². The van der Waals surface area contributed by atoms with Crippen LogP contribution in [-0.4, -0.2) is 49.1 Å². The van der Waals surface area contributed by atoms with Crippen LogP contribution in [0, 0.1) is 0 Å². The molecule has 0 saturated heterocycles. The van der Waals surface area contributed by atoms with E-state index in [1.165, 1.54) is 0 Å². The van der Waals surface area contributed by atoms with Crippen LogP contribution in [0.3, 0.4) is 0 Å². The second-order valence-electron chi connectivity index (χ2n) is 6.94. The molecule has 3 aromatic rings. The summed E-state index contributed by atoms with van der Waals surface area (Å²) < 4.78 is 5.24. The van der Waals surface area contributed by atoms with Crippen molar-refractivity contribution in [2.24, 2.45) is 0 Å². The number of para-hydroxylation sites is 1. The van der Waals surface area contributed by atoms with E-state index in [0.717, 1.165) is 54.0 Å². The topological polar surface area (TPSA) is 54.5 Å². The Bertz CT molecular complexity index is 950. The van der Waals surface area contributed by atoms with Crippen LogP contribution in [0.5, 0.6) is 5.75 Å². The number of hydrogen-bond acceptors (Lipinski definition) is 4. The molecule has 0 unspecified atom stereocenters. The maximum atomic E-state index is 13.0. The lowest BCUT2D eigenvalue weighted by molar-refractivity contribution is 0.0953. The predicted molar refractivity (Wildman–Crippen MR) is 118 cm³/mol. The molecule has 0 bridgehead atoms. The SMILES string of the molecule is CCN(CC)CCCNC(=O)c1cc(-c2ccc(OC)cc2)nc2ccccc12. The van der Waals surface area contributed by atoms with Crippen molar-refractivity contribution in [3.8, 4) is 17.0 Å². The Balaban J connectivity index is 1.83. The van der Waals surface area contributed by atoms with Gasteiger partial charge >= 0.3 is 0 Å². The van der Waals surface area contributed by atoms with E-state index in [4.69, 9.17) is 9.72 Å². The van der Waals surface area contributed by atoms with Crippen LogP contribution in [0.15, 0.2) is 54.6 Å². The van der Waals surface area contributed by atoms with E-state index in [0.29, 0.717) is 12.1 Å². The van der Waals surface area contributed by atoms with Crippen molar-refractivity contribution >= 4 is 16.8 Å². The first-order valence-corrected chi connectivity index (χ1v) is 10.2. The quantitative estimate of drug-likeness (QED) is 0.550. The Hall–Kier alpha value is -2.92. The highest BCUT2D eigenvalue weighted by atomic mass is 16.5. The number of amides is 1. The summed E-state index contributed by atoms with van der Waals surface area (Å²) in [7, 11) is 1.64. The van der Waals surface area contributed by atoms with Crippen molar-refractivity contribution < 1.29 is 9.53 Å². The number of nitrogens with one attached hydrogen (secondary N) is 1. The molecule has 0 fully saturated rings. The molecule has 0 radical (unpaired) electrons. The summed E-state index contributed by atoms with van der Waals surface area (Å²) in [5.74, 6) is 0.735. The molecule has 5 heteroatoms. The maximum Gasteiger partial charge on any atom is 0.252 e. The summed E-state index contributed by atoms with van der Waals surface area (Å²) in [6.07, 6.45) is 0.932. The van der Waals surface area contributed by atoms with E-state index >= 15 is 0 Å². The largest absolute Gasteiger partial charge is 0.497 e. The third kappa shape index (κ3) is 5.12. The fraction of sp³-hybridized carbons (Fsp3) is 0.333. The van der Waals surface area contributed by atoms with E-state index < -0.39 is 0 Å². The van der Waals surface area contributed by atoms with Crippen LogP contribution in [0.4, 0.5) is 0 Å². The minimum atomic E-state index is -0.0575. The summed E-state index contributed by atoms with van der Waals surface area (Å²) >= 11 is 0. The van der Waals surface area contributed by atoms with Gasteiger partial charge in [-0.3, -0.25) is 4.79 Å². The van der Waals surface area contributed by atoms with Gasteiger partial charge in [-0.2, -0.15) is 0 Å². The number of pyridine rings is 1. The lowest BCUT2D eigenvalue weighted by atomic mass is 10.0. The van der Waals surface area contributed by atoms with Crippen molar-refractivity contribution in [2.75, 3.05) is 33.3 Å². The van der Waals surface area contributed by atoms with Gasteiger partial charge in [0, 0.05) is 17.5 Å². The van der Waals surface area contributed by atoms with Gasteiger partial charge in [-0.15, -0.1) is 0 Å². The monoisotopic (exact) mass is 391 g/mol. The van der Waals surface area contributed by atoms with Crippen molar-refractivity contribution in [2.45, 2.75) is 20.3 Å². The molecule has 0 aliphatic rings. The fourth-order valence-electron chi connectivity index (χ4n) is 3.41. The van der Waals surface area contributed by atoms with Gasteiger partial charge in [0.05, 0.1) is 23.9 Å². The summed E-state index contributed by atoms with van der Waals surface area (Å²) in [5, 5.41) is 3.94. The van der Waals surface area contributed by atoms with Crippen LogP contribution in [-0.2, 0) is 0 Å². The summed E-state index contributed by atoms with van der Waals surface area (Å²) in [6, 6.07) is 17.4. The van der Waals surface area contributed by atoms with Crippen LogP contribution >= 0.6 is 0 Å². The number of fused-ring (bicyclic) bond motifs is 1. The molecule has 1 aromatic heterocycles. The molecule has 1 heterocycles. The van der Waals surface area contributed by atoms with Crippen LogP contribution in [0.2, 0.25) is 0 Å². The first-order valence-electron chi connectivity index (χ1n) is 10.2. The Morgan fingerprint density at radius 2 is 1.79 bits per heavy atom. The number of methoxy groups -OCH3 is 1. The third-order valence-corrected chi connectivity index (χ3v) is 5.18. The molecule has 0 spiro atoms.